The molecule has 0 aliphatic heterocycles. The Balaban J connectivity index is 2.19. The van der Waals surface area contributed by atoms with E-state index in [1.165, 1.54) is 6.07 Å². The molecule has 0 fully saturated rings. The summed E-state index contributed by atoms with van der Waals surface area (Å²) in [6, 6.07) is 8.35. The minimum atomic E-state index is -0.679. The number of benzene rings is 1. The summed E-state index contributed by atoms with van der Waals surface area (Å²) in [6.45, 7) is 0. The maximum absolute atomic E-state index is 13.3. The molecule has 0 aliphatic rings. The number of hydrogen-bond acceptors (Lipinski definition) is 2. The van der Waals surface area contributed by atoms with E-state index < -0.39 is 6.10 Å². The van der Waals surface area contributed by atoms with Crippen LogP contribution in [0.3, 0.4) is 0 Å². The Morgan fingerprint density at radius 3 is 2.82 bits per heavy atom. The van der Waals surface area contributed by atoms with E-state index in [0.717, 1.165) is 11.1 Å². The van der Waals surface area contributed by atoms with Crippen molar-refractivity contribution in [2.75, 3.05) is 0 Å². The predicted molar refractivity (Wildman–Crippen MR) is 67.0 cm³/mol. The summed E-state index contributed by atoms with van der Waals surface area (Å²) >= 11 is 3.18. The average molecular weight is 296 g/mol. The zero-order chi connectivity index (χ0) is 12.3. The Labute approximate surface area is 107 Å². The minimum absolute atomic E-state index is 0.319. The first-order chi connectivity index (χ1) is 8.18. The Morgan fingerprint density at radius 2 is 2.12 bits per heavy atom. The zero-order valence-electron chi connectivity index (χ0n) is 8.98. The van der Waals surface area contributed by atoms with E-state index in [1.54, 1.807) is 36.7 Å². The number of aliphatic hydroxyl groups excluding tert-OH is 1. The lowest BCUT2D eigenvalue weighted by molar-refractivity contribution is 0.177. The maximum atomic E-state index is 13.3. The second-order valence-electron chi connectivity index (χ2n) is 3.72. The topological polar surface area (TPSA) is 33.1 Å². The molecule has 2 nitrogen and oxygen atoms in total. The number of aliphatic hydroxyl groups is 1. The minimum Gasteiger partial charge on any atom is -0.388 e. The summed E-state index contributed by atoms with van der Waals surface area (Å²) in [7, 11) is 0. The fraction of sp³-hybridized carbons (Fsp3) is 0.154. The highest BCUT2D eigenvalue weighted by Gasteiger charge is 2.12. The highest BCUT2D eigenvalue weighted by Crippen LogP contribution is 2.25. The molecule has 1 aromatic heterocycles. The molecule has 2 aromatic rings. The van der Waals surface area contributed by atoms with Gasteiger partial charge in [0, 0.05) is 18.8 Å². The van der Waals surface area contributed by atoms with E-state index in [-0.39, 0.29) is 5.82 Å². The van der Waals surface area contributed by atoms with Crippen LogP contribution in [-0.2, 0) is 6.42 Å². The lowest BCUT2D eigenvalue weighted by Gasteiger charge is -2.12. The summed E-state index contributed by atoms with van der Waals surface area (Å²) in [6.07, 6.45) is 2.93. The van der Waals surface area contributed by atoms with Crippen molar-refractivity contribution in [2.45, 2.75) is 12.5 Å². The average Bonchev–Trinajstić information content (AvgIpc) is 2.36. The van der Waals surface area contributed by atoms with E-state index in [9.17, 15) is 9.50 Å². The van der Waals surface area contributed by atoms with Crippen LogP contribution in [0.25, 0.3) is 0 Å². The SMILES string of the molecule is OC(Cc1cccc(F)c1Br)c1cccnc1. The molecule has 2 rings (SSSR count). The van der Waals surface area contributed by atoms with Crippen LogP contribution in [0.1, 0.15) is 17.2 Å². The van der Waals surface area contributed by atoms with Crippen LogP contribution in [0, 0.1) is 5.82 Å². The summed E-state index contributed by atoms with van der Waals surface area (Å²) in [5.74, 6) is -0.319. The highest BCUT2D eigenvalue weighted by molar-refractivity contribution is 9.10. The third kappa shape index (κ3) is 2.90. The van der Waals surface area contributed by atoms with Crippen LogP contribution in [0.15, 0.2) is 47.2 Å². The molecule has 0 saturated heterocycles. The van der Waals surface area contributed by atoms with E-state index in [2.05, 4.69) is 20.9 Å². The standard InChI is InChI=1S/C13H11BrFNO/c14-13-9(3-1-5-11(13)15)7-12(17)10-4-2-6-16-8-10/h1-6,8,12,17H,7H2. The number of aromatic nitrogens is 1. The molecule has 1 atom stereocenters. The van der Waals surface area contributed by atoms with Crippen LogP contribution in [0.2, 0.25) is 0 Å². The summed E-state index contributed by atoms with van der Waals surface area (Å²) in [4.78, 5) is 3.94. The lowest BCUT2D eigenvalue weighted by atomic mass is 10.0. The van der Waals surface area contributed by atoms with Crippen molar-refractivity contribution in [3.8, 4) is 0 Å². The summed E-state index contributed by atoms with van der Waals surface area (Å²) in [5, 5.41) is 10.0. The number of halogens is 2. The predicted octanol–water partition coefficient (Wildman–Crippen LogP) is 3.26. The van der Waals surface area contributed by atoms with Crippen molar-refractivity contribution >= 4 is 15.9 Å². The van der Waals surface area contributed by atoms with Gasteiger partial charge < -0.3 is 5.11 Å². The molecule has 0 amide bonds. The Kier molecular flexibility index (Phi) is 3.86. The van der Waals surface area contributed by atoms with E-state index in [0.29, 0.717) is 10.9 Å². The van der Waals surface area contributed by atoms with Crippen LogP contribution in [0.5, 0.6) is 0 Å². The third-order valence-electron chi connectivity index (χ3n) is 2.51. The Hall–Kier alpha value is -1.26. The summed E-state index contributed by atoms with van der Waals surface area (Å²) < 4.78 is 13.7. The molecule has 88 valence electrons. The maximum Gasteiger partial charge on any atom is 0.137 e. The second kappa shape index (κ2) is 5.38. The fourth-order valence-electron chi connectivity index (χ4n) is 1.61. The first kappa shape index (κ1) is 12.2. The molecule has 1 heterocycles. The molecular formula is C13H11BrFNO. The molecule has 0 bridgehead atoms. The first-order valence-corrected chi connectivity index (χ1v) is 5.98. The molecule has 4 heteroatoms. The van der Waals surface area contributed by atoms with Gasteiger partial charge in [0.05, 0.1) is 10.6 Å². The van der Waals surface area contributed by atoms with Gasteiger partial charge in [-0.05, 0) is 39.2 Å². The molecule has 1 unspecified atom stereocenters. The highest BCUT2D eigenvalue weighted by atomic mass is 79.9. The molecule has 0 saturated carbocycles. The van der Waals surface area contributed by atoms with E-state index >= 15 is 0 Å². The van der Waals surface area contributed by atoms with Gasteiger partial charge in [0.25, 0.3) is 0 Å². The van der Waals surface area contributed by atoms with Gasteiger partial charge in [-0.3, -0.25) is 4.98 Å². The monoisotopic (exact) mass is 295 g/mol. The Bertz CT molecular complexity index is 504. The van der Waals surface area contributed by atoms with E-state index in [1.807, 2.05) is 0 Å². The normalized spacial score (nSPS) is 12.4. The first-order valence-electron chi connectivity index (χ1n) is 5.19. The van der Waals surface area contributed by atoms with Crippen molar-refractivity contribution in [3.05, 3.63) is 64.1 Å². The molecule has 17 heavy (non-hydrogen) atoms. The zero-order valence-corrected chi connectivity index (χ0v) is 10.6. The van der Waals surface area contributed by atoms with Crippen LogP contribution < -0.4 is 0 Å². The Morgan fingerprint density at radius 1 is 1.29 bits per heavy atom. The van der Waals surface area contributed by atoms with Gasteiger partial charge in [-0.15, -0.1) is 0 Å². The number of nitrogens with zero attached hydrogens (tertiary/aromatic N) is 1. The quantitative estimate of drug-likeness (QED) is 0.943. The largest absolute Gasteiger partial charge is 0.388 e. The second-order valence-corrected chi connectivity index (χ2v) is 4.51. The van der Waals surface area contributed by atoms with Gasteiger partial charge in [0.15, 0.2) is 0 Å². The number of rotatable bonds is 3. The van der Waals surface area contributed by atoms with Gasteiger partial charge in [-0.1, -0.05) is 18.2 Å². The number of pyridine rings is 1. The smallest absolute Gasteiger partial charge is 0.137 e. The molecule has 1 aromatic carbocycles. The van der Waals surface area contributed by atoms with Crippen LogP contribution in [-0.4, -0.2) is 10.1 Å². The van der Waals surface area contributed by atoms with Gasteiger partial charge in [0.2, 0.25) is 0 Å². The van der Waals surface area contributed by atoms with Crippen LogP contribution in [0.4, 0.5) is 4.39 Å². The van der Waals surface area contributed by atoms with Crippen molar-refractivity contribution in [1.82, 2.24) is 4.98 Å². The molecule has 0 radical (unpaired) electrons. The molecule has 0 spiro atoms. The molecule has 1 N–H and O–H groups in total. The molecule has 0 aliphatic carbocycles. The van der Waals surface area contributed by atoms with Gasteiger partial charge in [-0.25, -0.2) is 4.39 Å². The van der Waals surface area contributed by atoms with Crippen molar-refractivity contribution in [1.29, 1.82) is 0 Å². The van der Waals surface area contributed by atoms with Gasteiger partial charge in [0.1, 0.15) is 5.82 Å². The van der Waals surface area contributed by atoms with Gasteiger partial charge >= 0.3 is 0 Å². The molecular weight excluding hydrogens is 285 g/mol. The van der Waals surface area contributed by atoms with E-state index in [4.69, 9.17) is 0 Å². The number of hydrogen-bond donors (Lipinski definition) is 1. The summed E-state index contributed by atoms with van der Waals surface area (Å²) in [5.41, 5.74) is 1.46. The van der Waals surface area contributed by atoms with Crippen molar-refractivity contribution < 1.29 is 9.50 Å². The van der Waals surface area contributed by atoms with Crippen molar-refractivity contribution in [3.63, 3.8) is 0 Å². The fourth-order valence-corrected chi connectivity index (χ4v) is 2.03. The van der Waals surface area contributed by atoms with Gasteiger partial charge in [-0.2, -0.15) is 0 Å². The van der Waals surface area contributed by atoms with Crippen LogP contribution >= 0.6 is 15.9 Å². The lowest BCUT2D eigenvalue weighted by Crippen LogP contribution is -2.03. The van der Waals surface area contributed by atoms with Crippen molar-refractivity contribution in [2.24, 2.45) is 0 Å². The third-order valence-corrected chi connectivity index (χ3v) is 3.40.